The number of para-hydroxylation sites is 2. The molecule has 2 atom stereocenters. The Bertz CT molecular complexity index is 2100. The van der Waals surface area contributed by atoms with Gasteiger partial charge in [0.25, 0.3) is 0 Å². The van der Waals surface area contributed by atoms with Crippen LogP contribution >= 0.6 is 22.7 Å². The van der Waals surface area contributed by atoms with E-state index in [9.17, 15) is 26.3 Å². The van der Waals surface area contributed by atoms with Gasteiger partial charge in [-0.05, 0) is 84.6 Å². The van der Waals surface area contributed by atoms with E-state index in [1.165, 1.54) is 36.4 Å². The van der Waals surface area contributed by atoms with Crippen molar-refractivity contribution in [2.24, 2.45) is 0 Å². The molecule has 6 rings (SSSR count). The van der Waals surface area contributed by atoms with Gasteiger partial charge in [0.1, 0.15) is 11.5 Å². The van der Waals surface area contributed by atoms with E-state index < -0.39 is 58.2 Å². The summed E-state index contributed by atoms with van der Waals surface area (Å²) in [6.45, 7) is 6.93. The molecule has 0 radical (unpaired) electrons. The smallest absolute Gasteiger partial charge is 0.417 e. The van der Waals surface area contributed by atoms with Gasteiger partial charge in [-0.3, -0.25) is 0 Å². The molecule has 2 aromatic heterocycles. The van der Waals surface area contributed by atoms with Crippen molar-refractivity contribution in [3.63, 3.8) is 0 Å². The van der Waals surface area contributed by atoms with Crippen LogP contribution in [0, 0.1) is 11.6 Å². The molecule has 0 saturated carbocycles. The molecule has 0 spiro atoms. The highest BCUT2D eigenvalue weighted by molar-refractivity contribution is 7.10. The lowest BCUT2D eigenvalue weighted by molar-refractivity contribution is -0.138. The van der Waals surface area contributed by atoms with Gasteiger partial charge in [-0.25, -0.2) is 8.78 Å². The third kappa shape index (κ3) is 10.1. The Kier molecular flexibility index (Phi) is 12.2. The summed E-state index contributed by atoms with van der Waals surface area (Å²) in [7, 11) is 0. The molecule has 0 aliphatic carbocycles. The van der Waals surface area contributed by atoms with E-state index in [1.807, 2.05) is 0 Å². The van der Waals surface area contributed by atoms with E-state index in [-0.39, 0.29) is 24.3 Å². The second-order valence-electron chi connectivity index (χ2n) is 14.7. The fourth-order valence-corrected chi connectivity index (χ4v) is 8.44. The highest BCUT2D eigenvalue weighted by Crippen LogP contribution is 2.45. The second kappa shape index (κ2) is 16.6. The maximum atomic E-state index is 15.1. The molecule has 300 valence electrons. The summed E-state index contributed by atoms with van der Waals surface area (Å²) in [5.74, 6) is -0.697. The van der Waals surface area contributed by atoms with Gasteiger partial charge in [0.05, 0.1) is 23.3 Å². The van der Waals surface area contributed by atoms with Crippen LogP contribution in [0.15, 0.2) is 120 Å². The third-order valence-corrected chi connectivity index (χ3v) is 12.4. The number of alkyl halides is 6. The zero-order valence-corrected chi connectivity index (χ0v) is 32.8. The molecule has 0 N–H and O–H groups in total. The van der Waals surface area contributed by atoms with E-state index in [0.717, 1.165) is 45.6 Å². The van der Waals surface area contributed by atoms with Crippen LogP contribution in [-0.4, -0.2) is 12.2 Å². The molecule has 2 unspecified atom stereocenters. The van der Waals surface area contributed by atoms with Gasteiger partial charge in [0.2, 0.25) is 0 Å². The average molecular weight is 831 g/mol. The van der Waals surface area contributed by atoms with Crippen LogP contribution in [0.25, 0.3) is 0 Å². The Morgan fingerprint density at radius 3 is 1.21 bits per heavy atom. The van der Waals surface area contributed by atoms with Crippen molar-refractivity contribution in [3.8, 4) is 23.0 Å². The monoisotopic (exact) mass is 830 g/mol. The minimum Gasteiger partial charge on any atom is -0.454 e. The maximum Gasteiger partial charge on any atom is 0.417 e. The molecule has 3 nitrogen and oxygen atoms in total. The van der Waals surface area contributed by atoms with Crippen molar-refractivity contribution >= 4 is 22.7 Å². The average Bonchev–Trinajstić information content (AvgIpc) is 3.87. The van der Waals surface area contributed by atoms with Crippen molar-refractivity contribution < 1.29 is 49.3 Å². The first-order chi connectivity index (χ1) is 26.8. The van der Waals surface area contributed by atoms with E-state index in [0.29, 0.717) is 32.4 Å². The minimum atomic E-state index is -4.61. The Labute approximate surface area is 333 Å². The van der Waals surface area contributed by atoms with Crippen molar-refractivity contribution in [2.75, 3.05) is 0 Å². The lowest BCUT2D eigenvalue weighted by Crippen LogP contribution is -2.46. The molecule has 0 aliphatic heterocycles. The molecule has 13 heteroatoms. The lowest BCUT2D eigenvalue weighted by atomic mass is 9.78. The van der Waals surface area contributed by atoms with Crippen molar-refractivity contribution in [2.45, 2.75) is 75.9 Å². The van der Waals surface area contributed by atoms with Gasteiger partial charge in [0, 0.05) is 31.3 Å². The fourth-order valence-electron chi connectivity index (χ4n) is 6.27. The fraction of sp³-hybridized carbons (Fsp3) is 0.273. The standard InChI is InChI=1S/C44H38F8O3S2/c1-41(2,39-23-29(25-56-39)43(47,48)49)37(21-27-15-17-33(45)35(19-27)53-31-11-7-5-8-12-31)55-38(42(3,4)40-24-30(26-57-40)44(50,51)52)22-28-16-18-34(46)36(20-28)54-32-13-9-6-10-14-32/h5-20,23-26,37-38H,21-22H2,1-4H3. The topological polar surface area (TPSA) is 27.7 Å². The van der Waals surface area contributed by atoms with Gasteiger partial charge in [-0.1, -0.05) is 76.2 Å². The van der Waals surface area contributed by atoms with Crippen LogP contribution < -0.4 is 9.47 Å². The van der Waals surface area contributed by atoms with Crippen LogP contribution in [0.1, 0.15) is 59.7 Å². The third-order valence-electron chi connectivity index (χ3n) is 9.84. The molecule has 0 amide bonds. The predicted molar refractivity (Wildman–Crippen MR) is 207 cm³/mol. The normalized spacial score (nSPS) is 13.7. The van der Waals surface area contributed by atoms with Gasteiger partial charge in [-0.15, -0.1) is 22.7 Å². The van der Waals surface area contributed by atoms with Crippen LogP contribution in [0.2, 0.25) is 0 Å². The first-order valence-electron chi connectivity index (χ1n) is 17.8. The maximum absolute atomic E-state index is 15.1. The number of rotatable bonds is 14. The molecule has 57 heavy (non-hydrogen) atoms. The molecular formula is C44H38F8O3S2. The minimum absolute atomic E-state index is 0.0360. The first-order valence-corrected chi connectivity index (χ1v) is 19.6. The van der Waals surface area contributed by atoms with Gasteiger partial charge in [-0.2, -0.15) is 26.3 Å². The summed E-state index contributed by atoms with van der Waals surface area (Å²) in [5, 5.41) is 2.05. The molecule has 0 aliphatic rings. The first kappa shape index (κ1) is 41.9. The van der Waals surface area contributed by atoms with Crippen LogP contribution in [0.4, 0.5) is 35.1 Å². The number of hydrogen-bond donors (Lipinski definition) is 0. The second-order valence-corrected chi connectivity index (χ2v) is 16.5. The summed E-state index contributed by atoms with van der Waals surface area (Å²) < 4.78 is 132. The van der Waals surface area contributed by atoms with Crippen LogP contribution in [0.3, 0.4) is 0 Å². The Balaban J connectivity index is 1.43. The summed E-state index contributed by atoms with van der Waals surface area (Å²) in [6.07, 6.45) is -11.0. The van der Waals surface area contributed by atoms with Crippen molar-refractivity contribution in [3.05, 3.63) is 164 Å². The van der Waals surface area contributed by atoms with Gasteiger partial charge in [0.15, 0.2) is 23.1 Å². The number of hydrogen-bond acceptors (Lipinski definition) is 5. The van der Waals surface area contributed by atoms with Crippen LogP contribution in [0.5, 0.6) is 23.0 Å². The Morgan fingerprint density at radius 2 is 0.877 bits per heavy atom. The zero-order chi connectivity index (χ0) is 41.2. The highest BCUT2D eigenvalue weighted by Gasteiger charge is 2.43. The molecule has 6 aromatic rings. The molecule has 2 heterocycles. The SMILES string of the molecule is CC(C)(c1cc(C(F)(F)F)cs1)C(Cc1ccc(F)c(Oc2ccccc2)c1)OC(Cc1ccc(F)c(Oc2ccccc2)c1)C(C)(C)c1cc(C(F)(F)F)cs1. The van der Waals surface area contributed by atoms with E-state index in [2.05, 4.69) is 0 Å². The van der Waals surface area contributed by atoms with Crippen molar-refractivity contribution in [1.29, 1.82) is 0 Å². The lowest BCUT2D eigenvalue weighted by Gasteiger charge is -2.42. The molecule has 4 aromatic carbocycles. The number of ether oxygens (including phenoxy) is 3. The largest absolute Gasteiger partial charge is 0.454 e. The highest BCUT2D eigenvalue weighted by atomic mass is 32.1. The van der Waals surface area contributed by atoms with Crippen LogP contribution in [-0.2, 0) is 40.8 Å². The van der Waals surface area contributed by atoms with Gasteiger partial charge < -0.3 is 14.2 Å². The summed E-state index contributed by atoms with van der Waals surface area (Å²) in [6, 6.07) is 27.7. The zero-order valence-electron chi connectivity index (χ0n) is 31.2. The Hall–Kier alpha value is -4.72. The van der Waals surface area contributed by atoms with E-state index >= 15 is 8.78 Å². The summed E-state index contributed by atoms with van der Waals surface area (Å²) in [4.78, 5) is 0.685. The molecular weight excluding hydrogens is 793 g/mol. The van der Waals surface area contributed by atoms with E-state index in [4.69, 9.17) is 14.2 Å². The number of thiophene rings is 2. The summed E-state index contributed by atoms with van der Waals surface area (Å²) in [5.41, 5.74) is -2.90. The number of benzene rings is 4. The Morgan fingerprint density at radius 1 is 0.509 bits per heavy atom. The van der Waals surface area contributed by atoms with Crippen molar-refractivity contribution in [1.82, 2.24) is 0 Å². The molecule has 0 fully saturated rings. The number of halogens is 8. The van der Waals surface area contributed by atoms with Gasteiger partial charge >= 0.3 is 12.4 Å². The van der Waals surface area contributed by atoms with E-state index in [1.54, 1.807) is 88.4 Å². The summed E-state index contributed by atoms with van der Waals surface area (Å²) >= 11 is 1.82. The molecule has 0 bridgehead atoms. The quantitative estimate of drug-likeness (QED) is 0.102. The predicted octanol–water partition coefficient (Wildman–Crippen LogP) is 14.2. The molecule has 0 saturated heterocycles.